The van der Waals surface area contributed by atoms with Gasteiger partial charge in [-0.2, -0.15) is 0 Å². The third kappa shape index (κ3) is 6.03. The molecule has 33 heavy (non-hydrogen) atoms. The van der Waals surface area contributed by atoms with Crippen molar-refractivity contribution in [2.24, 2.45) is 5.92 Å². The van der Waals surface area contributed by atoms with Crippen molar-refractivity contribution >= 4 is 35.1 Å². The SMILES string of the molecule is COc1ccc(NC(=O)COC(=O)[C@@H]2CC(=O)N(NC(=O)c3ccc([N+](=O)[O-])cc3)C2)cc1. The average molecular weight is 456 g/mol. The Hall–Kier alpha value is -4.48. The molecule has 3 amide bonds. The van der Waals surface area contributed by atoms with Gasteiger partial charge in [0.05, 0.1) is 24.5 Å². The van der Waals surface area contributed by atoms with Crippen LogP contribution in [0, 0.1) is 16.0 Å². The van der Waals surface area contributed by atoms with Crippen molar-refractivity contribution in [2.75, 3.05) is 25.6 Å². The van der Waals surface area contributed by atoms with Crippen LogP contribution in [0.25, 0.3) is 0 Å². The van der Waals surface area contributed by atoms with Crippen molar-refractivity contribution in [3.05, 3.63) is 64.2 Å². The number of ether oxygens (including phenoxy) is 2. The van der Waals surface area contributed by atoms with Crippen LogP contribution in [-0.4, -0.2) is 53.9 Å². The zero-order valence-electron chi connectivity index (χ0n) is 17.5. The van der Waals surface area contributed by atoms with Gasteiger partial charge in [-0.05, 0) is 36.4 Å². The Kier molecular flexibility index (Phi) is 7.18. The predicted octanol–water partition coefficient (Wildman–Crippen LogP) is 1.28. The van der Waals surface area contributed by atoms with E-state index < -0.39 is 41.1 Å². The lowest BCUT2D eigenvalue weighted by Gasteiger charge is -2.17. The van der Waals surface area contributed by atoms with Crippen LogP contribution in [0.4, 0.5) is 11.4 Å². The van der Waals surface area contributed by atoms with Gasteiger partial charge in [0.1, 0.15) is 5.75 Å². The first kappa shape index (κ1) is 23.2. The molecule has 2 N–H and O–H groups in total. The van der Waals surface area contributed by atoms with Crippen molar-refractivity contribution in [1.29, 1.82) is 0 Å². The molecule has 0 bridgehead atoms. The maximum Gasteiger partial charge on any atom is 0.311 e. The van der Waals surface area contributed by atoms with E-state index in [1.807, 2.05) is 0 Å². The molecular formula is C21H20N4O8. The molecule has 172 valence electrons. The number of anilines is 1. The van der Waals surface area contributed by atoms with Crippen LogP contribution in [0.5, 0.6) is 5.75 Å². The largest absolute Gasteiger partial charge is 0.497 e. The van der Waals surface area contributed by atoms with Crippen LogP contribution >= 0.6 is 0 Å². The zero-order valence-corrected chi connectivity index (χ0v) is 17.5. The molecule has 1 atom stereocenters. The molecule has 2 aromatic rings. The van der Waals surface area contributed by atoms with Crippen molar-refractivity contribution in [3.63, 3.8) is 0 Å². The summed E-state index contributed by atoms with van der Waals surface area (Å²) in [7, 11) is 1.52. The highest BCUT2D eigenvalue weighted by Gasteiger charge is 2.36. The number of methoxy groups -OCH3 is 1. The van der Waals surface area contributed by atoms with E-state index in [1.54, 1.807) is 24.3 Å². The van der Waals surface area contributed by atoms with Crippen molar-refractivity contribution in [1.82, 2.24) is 10.4 Å². The number of hydrogen-bond donors (Lipinski definition) is 2. The molecule has 0 aromatic heterocycles. The highest BCUT2D eigenvalue weighted by Crippen LogP contribution is 2.19. The van der Waals surface area contributed by atoms with Gasteiger partial charge in [0.25, 0.3) is 17.5 Å². The second kappa shape index (κ2) is 10.2. The number of hydrogen-bond acceptors (Lipinski definition) is 8. The fraction of sp³-hybridized carbons (Fsp3) is 0.238. The Morgan fingerprint density at radius 3 is 2.39 bits per heavy atom. The third-order valence-corrected chi connectivity index (χ3v) is 4.75. The lowest BCUT2D eigenvalue weighted by atomic mass is 10.1. The Morgan fingerprint density at radius 1 is 1.12 bits per heavy atom. The number of carbonyl (C=O) groups excluding carboxylic acids is 4. The molecule has 1 saturated heterocycles. The minimum Gasteiger partial charge on any atom is -0.497 e. The molecule has 0 aliphatic carbocycles. The molecule has 0 unspecified atom stereocenters. The third-order valence-electron chi connectivity index (χ3n) is 4.75. The first-order chi connectivity index (χ1) is 15.8. The highest BCUT2D eigenvalue weighted by atomic mass is 16.6. The summed E-state index contributed by atoms with van der Waals surface area (Å²) >= 11 is 0. The van der Waals surface area contributed by atoms with E-state index in [-0.39, 0.29) is 24.2 Å². The van der Waals surface area contributed by atoms with Crippen LogP contribution < -0.4 is 15.5 Å². The fourth-order valence-electron chi connectivity index (χ4n) is 3.02. The Bertz CT molecular complexity index is 1070. The molecule has 1 aliphatic heterocycles. The average Bonchev–Trinajstić information content (AvgIpc) is 3.18. The van der Waals surface area contributed by atoms with E-state index in [2.05, 4.69) is 10.7 Å². The summed E-state index contributed by atoms with van der Waals surface area (Å²) in [5.41, 5.74) is 2.78. The van der Waals surface area contributed by atoms with E-state index in [0.29, 0.717) is 11.4 Å². The lowest BCUT2D eigenvalue weighted by Crippen LogP contribution is -2.43. The van der Waals surface area contributed by atoms with Crippen LogP contribution in [0.2, 0.25) is 0 Å². The van der Waals surface area contributed by atoms with Gasteiger partial charge in [-0.1, -0.05) is 0 Å². The van der Waals surface area contributed by atoms with Gasteiger partial charge in [0.2, 0.25) is 5.91 Å². The topological polar surface area (TPSA) is 157 Å². The Labute approximate surface area is 187 Å². The number of rotatable bonds is 8. The molecule has 1 aliphatic rings. The van der Waals surface area contributed by atoms with Gasteiger partial charge >= 0.3 is 5.97 Å². The molecule has 1 heterocycles. The van der Waals surface area contributed by atoms with Gasteiger partial charge in [-0.3, -0.25) is 39.7 Å². The first-order valence-corrected chi connectivity index (χ1v) is 9.73. The summed E-state index contributed by atoms with van der Waals surface area (Å²) in [6, 6.07) is 11.4. The van der Waals surface area contributed by atoms with Gasteiger partial charge in [0.15, 0.2) is 6.61 Å². The quantitative estimate of drug-likeness (QED) is 0.342. The Morgan fingerprint density at radius 2 is 1.79 bits per heavy atom. The van der Waals surface area contributed by atoms with Crippen LogP contribution in [0.1, 0.15) is 16.8 Å². The van der Waals surface area contributed by atoms with E-state index >= 15 is 0 Å². The summed E-state index contributed by atoms with van der Waals surface area (Å²) in [4.78, 5) is 58.8. The number of benzene rings is 2. The highest BCUT2D eigenvalue weighted by molar-refractivity contribution is 5.97. The normalized spacial score (nSPS) is 15.0. The molecular weight excluding hydrogens is 436 g/mol. The van der Waals surface area contributed by atoms with Gasteiger partial charge < -0.3 is 14.8 Å². The number of nitro benzene ring substituents is 1. The maximum atomic E-state index is 12.3. The van der Waals surface area contributed by atoms with E-state index in [9.17, 15) is 29.3 Å². The zero-order chi connectivity index (χ0) is 24.0. The molecule has 12 nitrogen and oxygen atoms in total. The van der Waals surface area contributed by atoms with Crippen molar-refractivity contribution in [3.8, 4) is 5.75 Å². The molecule has 12 heteroatoms. The molecule has 2 aromatic carbocycles. The van der Waals surface area contributed by atoms with Crippen LogP contribution in [-0.2, 0) is 19.1 Å². The summed E-state index contributed by atoms with van der Waals surface area (Å²) in [6.07, 6.45) is -0.195. The van der Waals surface area contributed by atoms with Gasteiger partial charge in [-0.15, -0.1) is 0 Å². The molecule has 0 spiro atoms. The minimum atomic E-state index is -0.858. The second-order valence-electron chi connectivity index (χ2n) is 7.03. The summed E-state index contributed by atoms with van der Waals surface area (Å²) in [6.45, 7) is -0.665. The van der Waals surface area contributed by atoms with E-state index in [0.717, 1.165) is 17.1 Å². The maximum absolute atomic E-state index is 12.3. The van der Waals surface area contributed by atoms with Crippen LogP contribution in [0.15, 0.2) is 48.5 Å². The number of nitrogens with one attached hydrogen (secondary N) is 2. The number of hydrazine groups is 1. The Balaban J connectivity index is 1.47. The number of carbonyl (C=O) groups is 4. The minimum absolute atomic E-state index is 0.106. The number of esters is 1. The monoisotopic (exact) mass is 456 g/mol. The summed E-state index contributed by atoms with van der Waals surface area (Å²) in [5, 5.41) is 14.2. The summed E-state index contributed by atoms with van der Waals surface area (Å²) < 4.78 is 10.0. The fourth-order valence-corrected chi connectivity index (χ4v) is 3.02. The summed E-state index contributed by atoms with van der Waals surface area (Å²) in [5.74, 6) is -2.71. The van der Waals surface area contributed by atoms with Crippen LogP contribution in [0.3, 0.4) is 0 Å². The predicted molar refractivity (Wildman–Crippen MR) is 113 cm³/mol. The molecule has 0 radical (unpaired) electrons. The van der Waals surface area contributed by atoms with Gasteiger partial charge in [0, 0.05) is 29.8 Å². The van der Waals surface area contributed by atoms with Crippen molar-refractivity contribution in [2.45, 2.75) is 6.42 Å². The number of nitro groups is 1. The molecule has 0 saturated carbocycles. The number of amides is 3. The second-order valence-corrected chi connectivity index (χ2v) is 7.03. The molecule has 1 fully saturated rings. The lowest BCUT2D eigenvalue weighted by molar-refractivity contribution is -0.384. The van der Waals surface area contributed by atoms with Crippen molar-refractivity contribution < 1.29 is 33.6 Å². The first-order valence-electron chi connectivity index (χ1n) is 9.73. The standard InChI is InChI=1S/C21H20N4O8/c1-32-17-8-4-15(5-9-17)22-18(26)12-33-21(29)14-10-19(27)24(11-14)23-20(28)13-2-6-16(7-3-13)25(30)31/h2-9,14H,10-12H2,1H3,(H,22,26)(H,23,28)/t14-/m1/s1. The number of non-ortho nitro benzene ring substituents is 1. The number of nitrogens with zero attached hydrogens (tertiary/aromatic N) is 2. The van der Waals surface area contributed by atoms with E-state index in [1.165, 1.54) is 19.2 Å². The smallest absolute Gasteiger partial charge is 0.311 e. The molecule has 3 rings (SSSR count). The van der Waals surface area contributed by atoms with Gasteiger partial charge in [-0.25, -0.2) is 0 Å². The van der Waals surface area contributed by atoms with E-state index in [4.69, 9.17) is 9.47 Å².